The molecule has 2 N–H and O–H groups in total. The van der Waals surface area contributed by atoms with Crippen molar-refractivity contribution >= 4 is 7.69 Å². The second-order valence-corrected chi connectivity index (χ2v) is 3.23. The normalized spacial score (nSPS) is 8.82. The maximum Gasteiger partial charge on any atom is 0.432 e. The van der Waals surface area contributed by atoms with E-state index >= 15 is 0 Å². The van der Waals surface area contributed by atoms with Crippen LogP contribution in [0.5, 0.6) is 5.75 Å². The van der Waals surface area contributed by atoms with Gasteiger partial charge in [0.05, 0.1) is 0 Å². The monoisotopic (exact) mass is 230 g/mol. The van der Waals surface area contributed by atoms with Crippen molar-refractivity contribution in [2.75, 3.05) is 0 Å². The largest absolute Gasteiger partial charge is 0.489 e. The van der Waals surface area contributed by atoms with Gasteiger partial charge in [-0.25, -0.2) is 0 Å². The Kier molecular flexibility index (Phi) is 6.56. The Morgan fingerprint density at radius 1 is 0.824 bits per heavy atom. The van der Waals surface area contributed by atoms with Gasteiger partial charge >= 0.3 is 7.69 Å². The van der Waals surface area contributed by atoms with Crippen LogP contribution in [-0.2, 0) is 6.61 Å². The molecule has 0 heterocycles. The molecule has 0 atom stereocenters. The van der Waals surface area contributed by atoms with Crippen molar-refractivity contribution in [2.45, 2.75) is 6.61 Å². The zero-order chi connectivity index (χ0) is 12.3. The van der Waals surface area contributed by atoms with E-state index in [1.807, 2.05) is 48.5 Å². The van der Waals surface area contributed by atoms with E-state index in [1.54, 1.807) is 0 Å². The summed E-state index contributed by atoms with van der Waals surface area (Å²) in [6.07, 6.45) is 0. The van der Waals surface area contributed by atoms with Crippen LogP contribution in [0.2, 0.25) is 0 Å². The number of hydrogen-bond acceptors (Lipinski definition) is 3. The molecule has 4 heteroatoms. The molecule has 0 spiro atoms. The number of benzene rings is 2. The Morgan fingerprint density at radius 3 is 1.82 bits per heavy atom. The third-order valence-electron chi connectivity index (χ3n) is 1.99. The lowest BCUT2D eigenvalue weighted by Crippen LogP contribution is -1.94. The Labute approximate surface area is 102 Å². The first-order chi connectivity index (χ1) is 8.36. The lowest BCUT2D eigenvalue weighted by molar-refractivity contribution is 0.306. The smallest absolute Gasteiger partial charge is 0.432 e. The maximum absolute atomic E-state index is 7.12. The van der Waals surface area contributed by atoms with E-state index < -0.39 is 7.69 Å². The molecule has 2 aromatic carbocycles. The lowest BCUT2D eigenvalue weighted by atomic mass is 10.2. The average Bonchev–Trinajstić information content (AvgIpc) is 2.40. The molecule has 0 aliphatic heterocycles. The molecule has 0 saturated carbocycles. The van der Waals surface area contributed by atoms with E-state index in [2.05, 4.69) is 12.1 Å². The van der Waals surface area contributed by atoms with Crippen molar-refractivity contribution in [1.29, 1.82) is 0 Å². The van der Waals surface area contributed by atoms with Crippen LogP contribution >= 0.6 is 0 Å². The van der Waals surface area contributed by atoms with Crippen LogP contribution in [0.3, 0.4) is 0 Å². The zero-order valence-electron chi connectivity index (χ0n) is 9.49. The molecule has 0 radical (unpaired) electrons. The predicted molar refractivity (Wildman–Crippen MR) is 68.8 cm³/mol. The summed E-state index contributed by atoms with van der Waals surface area (Å²) >= 11 is 0. The van der Waals surface area contributed by atoms with Gasteiger partial charge in [-0.15, -0.1) is 0 Å². The molecule has 0 aromatic heterocycles. The first kappa shape index (κ1) is 13.3. The van der Waals surface area contributed by atoms with Crippen molar-refractivity contribution in [1.82, 2.24) is 0 Å². The van der Waals surface area contributed by atoms with E-state index in [9.17, 15) is 0 Å². The standard InChI is InChI=1S/C13H12O.BH3O2/c1-3-7-12(8-4-1)11-14-13-9-5-2-6-10-13;2-1-3/h1-10H,11H2;1-3H. The van der Waals surface area contributed by atoms with Gasteiger partial charge in [-0.05, 0) is 17.7 Å². The van der Waals surface area contributed by atoms with E-state index in [1.165, 1.54) is 5.56 Å². The molecule has 88 valence electrons. The molecule has 17 heavy (non-hydrogen) atoms. The van der Waals surface area contributed by atoms with Gasteiger partial charge < -0.3 is 14.8 Å². The highest BCUT2D eigenvalue weighted by Gasteiger charge is 1.92. The molecule has 0 bridgehead atoms. The second kappa shape index (κ2) is 8.39. The third-order valence-corrected chi connectivity index (χ3v) is 1.99. The highest BCUT2D eigenvalue weighted by Crippen LogP contribution is 2.10. The summed E-state index contributed by atoms with van der Waals surface area (Å²) in [7, 11) is -0.750. The highest BCUT2D eigenvalue weighted by atomic mass is 16.5. The van der Waals surface area contributed by atoms with Crippen LogP contribution in [0.25, 0.3) is 0 Å². The van der Waals surface area contributed by atoms with Gasteiger partial charge in [0.15, 0.2) is 0 Å². The van der Waals surface area contributed by atoms with Gasteiger partial charge in [0.25, 0.3) is 0 Å². The second-order valence-electron chi connectivity index (χ2n) is 3.23. The molecule has 0 aliphatic rings. The van der Waals surface area contributed by atoms with Crippen LogP contribution in [0.4, 0.5) is 0 Å². The minimum Gasteiger partial charge on any atom is -0.489 e. The van der Waals surface area contributed by atoms with Crippen LogP contribution < -0.4 is 4.74 Å². The first-order valence-electron chi connectivity index (χ1n) is 5.30. The molecule has 0 saturated heterocycles. The minimum atomic E-state index is -0.750. The number of para-hydroxylation sites is 1. The Balaban J connectivity index is 0.000000437. The van der Waals surface area contributed by atoms with Crippen molar-refractivity contribution in [3.8, 4) is 5.75 Å². The fourth-order valence-corrected chi connectivity index (χ4v) is 1.26. The van der Waals surface area contributed by atoms with E-state index in [0.717, 1.165) is 5.75 Å². The number of rotatable bonds is 3. The first-order valence-corrected chi connectivity index (χ1v) is 5.30. The maximum atomic E-state index is 7.12. The molecule has 2 aromatic rings. The molecule has 3 nitrogen and oxygen atoms in total. The topological polar surface area (TPSA) is 49.7 Å². The highest BCUT2D eigenvalue weighted by molar-refractivity contribution is 6.13. The van der Waals surface area contributed by atoms with Gasteiger partial charge in [0, 0.05) is 0 Å². The van der Waals surface area contributed by atoms with Crippen molar-refractivity contribution in [3.63, 3.8) is 0 Å². The minimum absolute atomic E-state index is 0.630. The third kappa shape index (κ3) is 5.75. The van der Waals surface area contributed by atoms with Crippen molar-refractivity contribution in [3.05, 3.63) is 66.2 Å². The molecular weight excluding hydrogens is 215 g/mol. The summed E-state index contributed by atoms with van der Waals surface area (Å²) in [6.45, 7) is 0.630. The summed E-state index contributed by atoms with van der Waals surface area (Å²) in [6, 6.07) is 20.0. The lowest BCUT2D eigenvalue weighted by Gasteiger charge is -2.05. The molecular formula is C13H15BO3. The quantitative estimate of drug-likeness (QED) is 0.785. The van der Waals surface area contributed by atoms with Crippen molar-refractivity contribution in [2.24, 2.45) is 0 Å². The Bertz CT molecular complexity index is 352. The van der Waals surface area contributed by atoms with Crippen molar-refractivity contribution < 1.29 is 14.8 Å². The van der Waals surface area contributed by atoms with Gasteiger partial charge in [-0.1, -0.05) is 48.5 Å². The van der Waals surface area contributed by atoms with E-state index in [-0.39, 0.29) is 0 Å². The zero-order valence-corrected chi connectivity index (χ0v) is 9.49. The number of ether oxygens (including phenoxy) is 1. The predicted octanol–water partition coefficient (Wildman–Crippen LogP) is 1.50. The van der Waals surface area contributed by atoms with Gasteiger partial charge in [0.2, 0.25) is 0 Å². The molecule has 0 unspecified atom stereocenters. The van der Waals surface area contributed by atoms with Crippen LogP contribution in [0, 0.1) is 0 Å². The summed E-state index contributed by atoms with van der Waals surface area (Å²) in [4.78, 5) is 0. The number of hydrogen-bond donors (Lipinski definition) is 2. The molecule has 0 aliphatic carbocycles. The average molecular weight is 230 g/mol. The SMILES string of the molecule is OBO.c1ccc(COc2ccccc2)cc1. The van der Waals surface area contributed by atoms with Gasteiger partial charge in [0.1, 0.15) is 12.4 Å². The summed E-state index contributed by atoms with van der Waals surface area (Å²) < 4.78 is 5.59. The van der Waals surface area contributed by atoms with E-state index in [4.69, 9.17) is 14.8 Å². The van der Waals surface area contributed by atoms with Gasteiger partial charge in [-0.2, -0.15) is 0 Å². The molecule has 2 rings (SSSR count). The van der Waals surface area contributed by atoms with E-state index in [0.29, 0.717) is 6.61 Å². The Morgan fingerprint density at radius 2 is 1.29 bits per heavy atom. The van der Waals surface area contributed by atoms with Crippen LogP contribution in [-0.4, -0.2) is 17.7 Å². The summed E-state index contributed by atoms with van der Waals surface area (Å²) in [5, 5.41) is 14.2. The van der Waals surface area contributed by atoms with Gasteiger partial charge in [-0.3, -0.25) is 0 Å². The fraction of sp³-hybridized carbons (Fsp3) is 0.0769. The van der Waals surface area contributed by atoms with Crippen LogP contribution in [0.15, 0.2) is 60.7 Å². The summed E-state index contributed by atoms with van der Waals surface area (Å²) in [5.74, 6) is 0.913. The fourth-order valence-electron chi connectivity index (χ4n) is 1.26. The molecule has 0 amide bonds. The van der Waals surface area contributed by atoms with Crippen LogP contribution in [0.1, 0.15) is 5.56 Å². The summed E-state index contributed by atoms with van der Waals surface area (Å²) in [5.41, 5.74) is 1.19. The molecule has 0 fully saturated rings. The Hall–Kier alpha value is -1.78.